The Hall–Kier alpha value is -0.910. The summed E-state index contributed by atoms with van der Waals surface area (Å²) in [4.78, 5) is 4.86. The van der Waals surface area contributed by atoms with Crippen molar-refractivity contribution < 1.29 is 0 Å². The molecule has 1 aliphatic rings. The predicted molar refractivity (Wildman–Crippen MR) is 78.2 cm³/mol. The van der Waals surface area contributed by atoms with Gasteiger partial charge in [-0.05, 0) is 26.6 Å². The van der Waals surface area contributed by atoms with Crippen molar-refractivity contribution in [3.05, 3.63) is 17.5 Å². The van der Waals surface area contributed by atoms with E-state index in [2.05, 4.69) is 47.3 Å². The number of rotatable bonds is 5. The Morgan fingerprint density at radius 1 is 1.32 bits per heavy atom. The van der Waals surface area contributed by atoms with Gasteiger partial charge in [-0.3, -0.25) is 9.58 Å². The summed E-state index contributed by atoms with van der Waals surface area (Å²) >= 11 is 0. The van der Waals surface area contributed by atoms with Crippen LogP contribution in [0.4, 0.5) is 0 Å². The van der Waals surface area contributed by atoms with Gasteiger partial charge < -0.3 is 10.2 Å². The normalized spacial score (nSPS) is 22.0. The molecule has 1 aromatic rings. The third-order valence-electron chi connectivity index (χ3n) is 4.06. The Morgan fingerprint density at radius 2 is 2.11 bits per heavy atom. The summed E-state index contributed by atoms with van der Waals surface area (Å²) in [5.74, 6) is 0. The van der Waals surface area contributed by atoms with Gasteiger partial charge in [-0.25, -0.2) is 0 Å². The quantitative estimate of drug-likeness (QED) is 0.832. The van der Waals surface area contributed by atoms with Crippen LogP contribution in [-0.2, 0) is 20.0 Å². The van der Waals surface area contributed by atoms with E-state index in [9.17, 15) is 0 Å². The molecule has 5 nitrogen and oxygen atoms in total. The number of hydrogen-bond donors (Lipinski definition) is 1. The molecule has 1 aliphatic heterocycles. The number of nitrogens with zero attached hydrogens (tertiary/aromatic N) is 4. The van der Waals surface area contributed by atoms with Crippen LogP contribution in [0.2, 0.25) is 0 Å². The van der Waals surface area contributed by atoms with E-state index in [1.165, 1.54) is 17.9 Å². The minimum atomic E-state index is 0.609. The van der Waals surface area contributed by atoms with Crippen LogP contribution in [0.25, 0.3) is 0 Å². The second kappa shape index (κ2) is 6.50. The minimum Gasteiger partial charge on any atom is -0.310 e. The molecule has 1 unspecified atom stereocenters. The Bertz CT molecular complexity index is 401. The number of hydrogen-bond acceptors (Lipinski definition) is 4. The van der Waals surface area contributed by atoms with Crippen LogP contribution >= 0.6 is 0 Å². The molecular formula is C14H27N5. The topological polar surface area (TPSA) is 36.3 Å². The molecule has 2 rings (SSSR count). The highest BCUT2D eigenvalue weighted by Gasteiger charge is 2.21. The van der Waals surface area contributed by atoms with Gasteiger partial charge in [0, 0.05) is 45.8 Å². The Kier molecular flexibility index (Phi) is 4.96. The van der Waals surface area contributed by atoms with Gasteiger partial charge in [0.2, 0.25) is 0 Å². The summed E-state index contributed by atoms with van der Waals surface area (Å²) < 4.78 is 1.99. The van der Waals surface area contributed by atoms with Gasteiger partial charge in [-0.2, -0.15) is 5.10 Å². The number of nitrogens with one attached hydrogen (secondary N) is 1. The van der Waals surface area contributed by atoms with Gasteiger partial charge >= 0.3 is 0 Å². The average Bonchev–Trinajstić information content (AvgIpc) is 2.75. The standard InChI is InChI=1S/C14H27N5/c1-5-12-8-13(19(4)16-12)9-15-10-14-11-17(2)6-7-18(14)3/h8,14-15H,5-7,9-11H2,1-4H3. The van der Waals surface area contributed by atoms with Gasteiger partial charge in [-0.1, -0.05) is 6.92 Å². The Morgan fingerprint density at radius 3 is 2.79 bits per heavy atom. The van der Waals surface area contributed by atoms with E-state index in [-0.39, 0.29) is 0 Å². The molecule has 1 atom stereocenters. The fraction of sp³-hybridized carbons (Fsp3) is 0.786. The summed E-state index contributed by atoms with van der Waals surface area (Å²) in [7, 11) is 6.45. The van der Waals surface area contributed by atoms with E-state index < -0.39 is 0 Å². The second-order valence-corrected chi connectivity index (χ2v) is 5.63. The largest absolute Gasteiger partial charge is 0.310 e. The van der Waals surface area contributed by atoms with Crippen LogP contribution in [-0.4, -0.2) is 65.9 Å². The lowest BCUT2D eigenvalue weighted by Crippen LogP contribution is -2.53. The summed E-state index contributed by atoms with van der Waals surface area (Å²) in [6, 6.07) is 2.81. The lowest BCUT2D eigenvalue weighted by Gasteiger charge is -2.37. The summed E-state index contributed by atoms with van der Waals surface area (Å²) in [6.45, 7) is 7.57. The highest BCUT2D eigenvalue weighted by molar-refractivity contribution is 5.09. The lowest BCUT2D eigenvalue weighted by molar-refractivity contribution is 0.113. The van der Waals surface area contributed by atoms with E-state index in [1.807, 2.05) is 11.7 Å². The van der Waals surface area contributed by atoms with E-state index in [4.69, 9.17) is 0 Å². The van der Waals surface area contributed by atoms with Crippen LogP contribution in [0.3, 0.4) is 0 Å². The third kappa shape index (κ3) is 3.78. The zero-order valence-corrected chi connectivity index (χ0v) is 12.7. The van der Waals surface area contributed by atoms with Crippen molar-refractivity contribution in [1.82, 2.24) is 24.9 Å². The second-order valence-electron chi connectivity index (χ2n) is 5.63. The molecule has 19 heavy (non-hydrogen) atoms. The highest BCUT2D eigenvalue weighted by atomic mass is 15.3. The molecule has 5 heteroatoms. The first-order valence-corrected chi connectivity index (χ1v) is 7.21. The number of aryl methyl sites for hydroxylation is 2. The first-order valence-electron chi connectivity index (χ1n) is 7.21. The molecule has 0 bridgehead atoms. The maximum Gasteiger partial charge on any atom is 0.0625 e. The van der Waals surface area contributed by atoms with Crippen LogP contribution in [0.5, 0.6) is 0 Å². The summed E-state index contributed by atoms with van der Waals surface area (Å²) in [6.07, 6.45) is 1.00. The van der Waals surface area contributed by atoms with Crippen LogP contribution in [0.1, 0.15) is 18.3 Å². The van der Waals surface area contributed by atoms with Gasteiger partial charge in [0.15, 0.2) is 0 Å². The molecule has 0 aliphatic carbocycles. The number of piperazine rings is 1. The van der Waals surface area contributed by atoms with E-state index >= 15 is 0 Å². The molecule has 0 amide bonds. The van der Waals surface area contributed by atoms with Crippen molar-refractivity contribution >= 4 is 0 Å². The molecule has 1 fully saturated rings. The predicted octanol–water partition coefficient (Wildman–Crippen LogP) is 0.318. The molecule has 1 aromatic heterocycles. The Balaban J connectivity index is 1.80. The van der Waals surface area contributed by atoms with Crippen LogP contribution in [0.15, 0.2) is 6.07 Å². The molecule has 0 aromatic carbocycles. The Labute approximate surface area is 116 Å². The van der Waals surface area contributed by atoms with Gasteiger partial charge in [0.25, 0.3) is 0 Å². The van der Waals surface area contributed by atoms with E-state index in [0.717, 1.165) is 32.6 Å². The fourth-order valence-electron chi connectivity index (χ4n) is 2.60. The van der Waals surface area contributed by atoms with Crippen molar-refractivity contribution in [2.45, 2.75) is 25.9 Å². The van der Waals surface area contributed by atoms with Crippen molar-refractivity contribution in [2.75, 3.05) is 40.3 Å². The highest BCUT2D eigenvalue weighted by Crippen LogP contribution is 2.06. The SMILES string of the molecule is CCc1cc(CNCC2CN(C)CCN2C)n(C)n1. The smallest absolute Gasteiger partial charge is 0.0625 e. The fourth-order valence-corrected chi connectivity index (χ4v) is 2.60. The average molecular weight is 265 g/mol. The molecule has 0 spiro atoms. The first-order chi connectivity index (χ1) is 9.10. The number of likely N-dealkylation sites (N-methyl/N-ethyl adjacent to an activating group) is 2. The van der Waals surface area contributed by atoms with E-state index in [0.29, 0.717) is 6.04 Å². The zero-order chi connectivity index (χ0) is 13.8. The molecule has 1 saturated heterocycles. The van der Waals surface area contributed by atoms with Crippen LogP contribution < -0.4 is 5.32 Å². The number of aromatic nitrogens is 2. The van der Waals surface area contributed by atoms with Crippen LogP contribution in [0, 0.1) is 0 Å². The first kappa shape index (κ1) is 14.5. The molecule has 0 radical (unpaired) electrons. The third-order valence-corrected chi connectivity index (χ3v) is 4.06. The van der Waals surface area contributed by atoms with Crippen molar-refractivity contribution in [3.8, 4) is 0 Å². The maximum atomic E-state index is 4.48. The van der Waals surface area contributed by atoms with Crippen molar-refractivity contribution in [3.63, 3.8) is 0 Å². The zero-order valence-electron chi connectivity index (χ0n) is 12.7. The van der Waals surface area contributed by atoms with Gasteiger partial charge in [0.05, 0.1) is 11.4 Å². The minimum absolute atomic E-state index is 0.609. The van der Waals surface area contributed by atoms with Crippen molar-refractivity contribution in [2.24, 2.45) is 7.05 Å². The van der Waals surface area contributed by atoms with Gasteiger partial charge in [0.1, 0.15) is 0 Å². The summed E-state index contributed by atoms with van der Waals surface area (Å²) in [5.41, 5.74) is 2.44. The lowest BCUT2D eigenvalue weighted by atomic mass is 10.2. The monoisotopic (exact) mass is 265 g/mol. The molecule has 2 heterocycles. The van der Waals surface area contributed by atoms with Crippen molar-refractivity contribution in [1.29, 1.82) is 0 Å². The van der Waals surface area contributed by atoms with E-state index in [1.54, 1.807) is 0 Å². The summed E-state index contributed by atoms with van der Waals surface area (Å²) in [5, 5.41) is 8.05. The maximum absolute atomic E-state index is 4.48. The molecule has 108 valence electrons. The molecule has 1 N–H and O–H groups in total. The van der Waals surface area contributed by atoms with Gasteiger partial charge in [-0.15, -0.1) is 0 Å². The molecular weight excluding hydrogens is 238 g/mol. The molecule has 0 saturated carbocycles.